The predicted octanol–water partition coefficient (Wildman–Crippen LogP) is 3.47. The van der Waals surface area contributed by atoms with Crippen molar-refractivity contribution in [3.8, 4) is 11.3 Å². The Bertz CT molecular complexity index is 824. The Morgan fingerprint density at radius 1 is 0.947 bits per heavy atom. The van der Waals surface area contributed by atoms with Crippen molar-refractivity contribution in [1.82, 2.24) is 4.98 Å². The van der Waals surface area contributed by atoms with Crippen LogP contribution in [0.15, 0.2) is 53.3 Å². The molecule has 0 saturated carbocycles. The highest BCUT2D eigenvalue weighted by atomic mass is 19.2. The number of nitrogens with one attached hydrogen (secondary N) is 1. The van der Waals surface area contributed by atoms with Gasteiger partial charge in [0.25, 0.3) is 0 Å². The molecule has 1 N–H and O–H groups in total. The molecule has 0 saturated heterocycles. The summed E-state index contributed by atoms with van der Waals surface area (Å²) in [6.45, 7) is 0. The number of aromatic amines is 1. The first-order chi connectivity index (χ1) is 9.16. The molecule has 2 aromatic carbocycles. The summed E-state index contributed by atoms with van der Waals surface area (Å²) in [6.07, 6.45) is 0. The summed E-state index contributed by atoms with van der Waals surface area (Å²) in [5, 5.41) is 0.517. The maximum atomic E-state index is 13.7. The Hall–Kier alpha value is -2.49. The maximum Gasteiger partial charge on any atom is 0.190 e. The second-order valence-electron chi connectivity index (χ2n) is 4.19. The van der Waals surface area contributed by atoms with E-state index in [0.717, 1.165) is 6.07 Å². The molecule has 0 radical (unpaired) electrons. The molecule has 2 nitrogen and oxygen atoms in total. The first-order valence-electron chi connectivity index (χ1n) is 5.73. The summed E-state index contributed by atoms with van der Waals surface area (Å²) in [6, 6.07) is 12.1. The third-order valence-electron chi connectivity index (χ3n) is 2.98. The second-order valence-corrected chi connectivity index (χ2v) is 4.19. The SMILES string of the molecule is O=c1cc(-c2cccc(F)c2F)[nH]c2ccccc12. The van der Waals surface area contributed by atoms with Crippen LogP contribution >= 0.6 is 0 Å². The molecule has 4 heteroatoms. The number of hydrogen-bond donors (Lipinski definition) is 1. The molecule has 0 amide bonds. The maximum absolute atomic E-state index is 13.7. The summed E-state index contributed by atoms with van der Waals surface area (Å²) in [5.41, 5.74) is 0.672. The monoisotopic (exact) mass is 257 g/mol. The Morgan fingerprint density at radius 2 is 1.74 bits per heavy atom. The number of halogens is 2. The fourth-order valence-corrected chi connectivity index (χ4v) is 2.05. The van der Waals surface area contributed by atoms with Gasteiger partial charge in [-0.1, -0.05) is 18.2 Å². The minimum Gasteiger partial charge on any atom is -0.354 e. The summed E-state index contributed by atoms with van der Waals surface area (Å²) >= 11 is 0. The summed E-state index contributed by atoms with van der Waals surface area (Å²) in [5.74, 6) is -1.90. The molecule has 0 unspecified atom stereocenters. The smallest absolute Gasteiger partial charge is 0.190 e. The van der Waals surface area contributed by atoms with E-state index < -0.39 is 11.6 Å². The first kappa shape index (κ1) is 11.6. The lowest BCUT2D eigenvalue weighted by Crippen LogP contribution is -2.03. The molecule has 19 heavy (non-hydrogen) atoms. The largest absolute Gasteiger partial charge is 0.354 e. The van der Waals surface area contributed by atoms with E-state index in [-0.39, 0.29) is 16.7 Å². The van der Waals surface area contributed by atoms with Crippen LogP contribution in [0.2, 0.25) is 0 Å². The van der Waals surface area contributed by atoms with Gasteiger partial charge in [0.15, 0.2) is 17.1 Å². The van der Waals surface area contributed by atoms with Crippen molar-refractivity contribution in [3.63, 3.8) is 0 Å². The summed E-state index contributed by atoms with van der Waals surface area (Å²) < 4.78 is 26.9. The molecular formula is C15H9F2NO. The van der Waals surface area contributed by atoms with Crippen molar-refractivity contribution >= 4 is 10.9 Å². The van der Waals surface area contributed by atoms with E-state index in [4.69, 9.17) is 0 Å². The van der Waals surface area contributed by atoms with E-state index in [2.05, 4.69) is 4.98 Å². The van der Waals surface area contributed by atoms with Gasteiger partial charge < -0.3 is 4.98 Å². The average molecular weight is 257 g/mol. The molecule has 0 aliphatic heterocycles. The molecule has 1 heterocycles. The molecule has 0 aliphatic rings. The highest BCUT2D eigenvalue weighted by Crippen LogP contribution is 2.23. The first-order valence-corrected chi connectivity index (χ1v) is 5.73. The zero-order valence-corrected chi connectivity index (χ0v) is 9.78. The van der Waals surface area contributed by atoms with Gasteiger partial charge in [0.05, 0.1) is 5.69 Å². The van der Waals surface area contributed by atoms with Crippen LogP contribution < -0.4 is 5.43 Å². The van der Waals surface area contributed by atoms with E-state index in [1.54, 1.807) is 24.3 Å². The van der Waals surface area contributed by atoms with Crippen LogP contribution in [-0.2, 0) is 0 Å². The third kappa shape index (κ3) is 1.91. The van der Waals surface area contributed by atoms with E-state index in [1.165, 1.54) is 18.2 Å². The number of benzene rings is 2. The van der Waals surface area contributed by atoms with Crippen molar-refractivity contribution in [2.75, 3.05) is 0 Å². The molecular weight excluding hydrogens is 248 g/mol. The number of pyridine rings is 1. The number of aromatic nitrogens is 1. The van der Waals surface area contributed by atoms with Gasteiger partial charge in [0.2, 0.25) is 0 Å². The van der Waals surface area contributed by atoms with Crippen molar-refractivity contribution < 1.29 is 8.78 Å². The van der Waals surface area contributed by atoms with Gasteiger partial charge in [-0.2, -0.15) is 0 Å². The van der Waals surface area contributed by atoms with Crippen molar-refractivity contribution in [2.24, 2.45) is 0 Å². The predicted molar refractivity (Wildman–Crippen MR) is 69.9 cm³/mol. The molecule has 1 aromatic heterocycles. The quantitative estimate of drug-likeness (QED) is 0.711. The van der Waals surface area contributed by atoms with Gasteiger partial charge >= 0.3 is 0 Å². The summed E-state index contributed by atoms with van der Waals surface area (Å²) in [7, 11) is 0. The normalized spacial score (nSPS) is 10.8. The third-order valence-corrected chi connectivity index (χ3v) is 2.98. The Morgan fingerprint density at radius 3 is 2.58 bits per heavy atom. The van der Waals surface area contributed by atoms with Gasteiger partial charge in [-0.15, -0.1) is 0 Å². The van der Waals surface area contributed by atoms with Crippen LogP contribution in [0.1, 0.15) is 0 Å². The van der Waals surface area contributed by atoms with Crippen LogP contribution in [0.3, 0.4) is 0 Å². The van der Waals surface area contributed by atoms with Gasteiger partial charge in [-0.3, -0.25) is 4.79 Å². The molecule has 0 spiro atoms. The number of fused-ring (bicyclic) bond motifs is 1. The van der Waals surface area contributed by atoms with Gasteiger partial charge in [0.1, 0.15) is 0 Å². The van der Waals surface area contributed by atoms with Crippen LogP contribution in [0.25, 0.3) is 22.2 Å². The highest BCUT2D eigenvalue weighted by molar-refractivity contribution is 5.81. The minimum atomic E-state index is -0.964. The molecule has 0 atom stereocenters. The van der Waals surface area contributed by atoms with Crippen LogP contribution in [-0.4, -0.2) is 4.98 Å². The van der Waals surface area contributed by atoms with Crippen LogP contribution in [0.5, 0.6) is 0 Å². The lowest BCUT2D eigenvalue weighted by molar-refractivity contribution is 0.511. The fourth-order valence-electron chi connectivity index (χ4n) is 2.05. The number of hydrogen-bond acceptors (Lipinski definition) is 1. The van der Waals surface area contributed by atoms with Crippen molar-refractivity contribution in [1.29, 1.82) is 0 Å². The highest BCUT2D eigenvalue weighted by Gasteiger charge is 2.11. The standard InChI is InChI=1S/C15H9F2NO/c16-11-6-3-5-10(15(11)17)13-8-14(19)9-4-1-2-7-12(9)18-13/h1-8H,(H,18,19). The number of rotatable bonds is 1. The topological polar surface area (TPSA) is 32.9 Å². The number of H-pyrrole nitrogens is 1. The van der Waals surface area contributed by atoms with Gasteiger partial charge in [0, 0.05) is 22.5 Å². The number of para-hydroxylation sites is 1. The van der Waals surface area contributed by atoms with E-state index in [1.807, 2.05) is 0 Å². The molecule has 94 valence electrons. The van der Waals surface area contributed by atoms with Crippen molar-refractivity contribution in [2.45, 2.75) is 0 Å². The van der Waals surface area contributed by atoms with Crippen LogP contribution in [0, 0.1) is 11.6 Å². The van der Waals surface area contributed by atoms with Crippen molar-refractivity contribution in [3.05, 3.63) is 70.4 Å². The summed E-state index contributed by atoms with van der Waals surface area (Å²) in [4.78, 5) is 14.9. The molecule has 3 aromatic rings. The second kappa shape index (κ2) is 4.31. The molecule has 3 rings (SSSR count). The zero-order valence-electron chi connectivity index (χ0n) is 9.78. The zero-order chi connectivity index (χ0) is 13.4. The van der Waals surface area contributed by atoms with E-state index >= 15 is 0 Å². The van der Waals surface area contributed by atoms with Crippen LogP contribution in [0.4, 0.5) is 8.78 Å². The van der Waals surface area contributed by atoms with Gasteiger partial charge in [-0.25, -0.2) is 8.78 Å². The molecule has 0 aliphatic carbocycles. The van der Waals surface area contributed by atoms with E-state index in [0.29, 0.717) is 10.9 Å². The fraction of sp³-hybridized carbons (Fsp3) is 0. The van der Waals surface area contributed by atoms with Gasteiger partial charge in [-0.05, 0) is 24.3 Å². The molecule has 0 bridgehead atoms. The van der Waals surface area contributed by atoms with E-state index in [9.17, 15) is 13.6 Å². The molecule has 0 fully saturated rings. The lowest BCUT2D eigenvalue weighted by Gasteiger charge is -2.06. The minimum absolute atomic E-state index is 0.0443. The lowest BCUT2D eigenvalue weighted by atomic mass is 10.1. The average Bonchev–Trinajstić information content (AvgIpc) is 2.42. The Kier molecular flexibility index (Phi) is 2.63. The Balaban J connectivity index is 2.32. The Labute approximate surface area is 107 Å².